The van der Waals surface area contributed by atoms with Crippen LogP contribution in [-0.2, 0) is 16.4 Å². The number of hydrogen-bond donors (Lipinski definition) is 1. The summed E-state index contributed by atoms with van der Waals surface area (Å²) in [6.07, 6.45) is 1.51. The summed E-state index contributed by atoms with van der Waals surface area (Å²) in [6.45, 7) is 2.80. The van der Waals surface area contributed by atoms with Crippen molar-refractivity contribution in [1.82, 2.24) is 14.5 Å². The number of piperazine rings is 1. The van der Waals surface area contributed by atoms with E-state index in [2.05, 4.69) is 10.2 Å². The zero-order valence-electron chi connectivity index (χ0n) is 16.5. The van der Waals surface area contributed by atoms with Crippen molar-refractivity contribution in [3.05, 3.63) is 64.7 Å². The molecule has 29 heavy (non-hydrogen) atoms. The highest BCUT2D eigenvalue weighted by molar-refractivity contribution is 7.89. The van der Waals surface area contributed by atoms with Crippen molar-refractivity contribution in [2.75, 3.05) is 39.8 Å². The van der Waals surface area contributed by atoms with E-state index >= 15 is 0 Å². The van der Waals surface area contributed by atoms with Crippen molar-refractivity contribution < 1.29 is 13.2 Å². The second kappa shape index (κ2) is 9.71. The van der Waals surface area contributed by atoms with Gasteiger partial charge in [-0.3, -0.25) is 4.79 Å². The van der Waals surface area contributed by atoms with Crippen LogP contribution >= 0.6 is 11.6 Å². The number of amides is 1. The van der Waals surface area contributed by atoms with E-state index in [4.69, 9.17) is 11.6 Å². The highest BCUT2D eigenvalue weighted by atomic mass is 35.5. The molecule has 2 aromatic carbocycles. The number of aryl methyl sites for hydroxylation is 1. The molecule has 1 N–H and O–H groups in total. The molecule has 1 amide bonds. The Balaban J connectivity index is 1.58. The number of nitrogens with one attached hydrogen (secondary N) is 1. The van der Waals surface area contributed by atoms with Crippen molar-refractivity contribution in [2.24, 2.45) is 0 Å². The Kier molecular flexibility index (Phi) is 7.29. The molecular formula is C21H26ClN3O3S. The number of likely N-dealkylation sites (N-methyl/N-ethyl adjacent to an activating group) is 1. The lowest BCUT2D eigenvalue weighted by atomic mass is 10.1. The average molecular weight is 436 g/mol. The van der Waals surface area contributed by atoms with Gasteiger partial charge in [0, 0.05) is 43.3 Å². The monoisotopic (exact) mass is 435 g/mol. The fraction of sp³-hybridized carbons (Fsp3) is 0.381. The first-order valence-electron chi connectivity index (χ1n) is 9.68. The summed E-state index contributed by atoms with van der Waals surface area (Å²) in [5.41, 5.74) is 1.39. The first-order valence-corrected chi connectivity index (χ1v) is 11.5. The van der Waals surface area contributed by atoms with Gasteiger partial charge in [-0.25, -0.2) is 8.42 Å². The SMILES string of the molecule is CN1CCN(S(=O)(=O)c2cccc(C(=O)NCCCc3ccccc3Cl)c2)CC1. The number of carbonyl (C=O) groups excluding carboxylic acids is 1. The highest BCUT2D eigenvalue weighted by Crippen LogP contribution is 2.19. The molecule has 1 fully saturated rings. The molecule has 0 aromatic heterocycles. The van der Waals surface area contributed by atoms with Gasteiger partial charge >= 0.3 is 0 Å². The normalized spacial score (nSPS) is 15.9. The molecule has 0 saturated carbocycles. The van der Waals surface area contributed by atoms with E-state index in [1.165, 1.54) is 10.4 Å². The Morgan fingerprint density at radius 1 is 1.07 bits per heavy atom. The number of sulfonamides is 1. The fourth-order valence-corrected chi connectivity index (χ4v) is 4.96. The molecule has 1 aliphatic rings. The zero-order chi connectivity index (χ0) is 20.9. The van der Waals surface area contributed by atoms with Crippen LogP contribution in [0.25, 0.3) is 0 Å². The van der Waals surface area contributed by atoms with Gasteiger partial charge in [-0.2, -0.15) is 4.31 Å². The Hall–Kier alpha value is -1.93. The lowest BCUT2D eigenvalue weighted by Gasteiger charge is -2.31. The molecule has 156 valence electrons. The second-order valence-corrected chi connectivity index (χ2v) is 9.53. The molecule has 0 radical (unpaired) electrons. The molecule has 0 aliphatic carbocycles. The van der Waals surface area contributed by atoms with Gasteiger partial charge in [0.05, 0.1) is 4.90 Å². The lowest BCUT2D eigenvalue weighted by Crippen LogP contribution is -2.47. The molecule has 3 rings (SSSR count). The maximum atomic E-state index is 12.9. The molecule has 1 aliphatic heterocycles. The largest absolute Gasteiger partial charge is 0.352 e. The summed E-state index contributed by atoms with van der Waals surface area (Å²) in [5.74, 6) is -0.278. The maximum absolute atomic E-state index is 12.9. The molecule has 0 unspecified atom stereocenters. The topological polar surface area (TPSA) is 69.7 Å². The quantitative estimate of drug-likeness (QED) is 0.679. The number of rotatable bonds is 7. The smallest absolute Gasteiger partial charge is 0.251 e. The molecule has 8 heteroatoms. The Bertz CT molecular complexity index is 957. The van der Waals surface area contributed by atoms with E-state index in [0.717, 1.165) is 23.4 Å². The highest BCUT2D eigenvalue weighted by Gasteiger charge is 2.27. The number of benzene rings is 2. The van der Waals surface area contributed by atoms with Gasteiger partial charge in [0.1, 0.15) is 0 Å². The maximum Gasteiger partial charge on any atom is 0.251 e. The Morgan fingerprint density at radius 3 is 2.52 bits per heavy atom. The van der Waals surface area contributed by atoms with Crippen LogP contribution in [-0.4, -0.2) is 63.3 Å². The number of nitrogens with zero attached hydrogens (tertiary/aromatic N) is 2. The van der Waals surface area contributed by atoms with E-state index in [1.807, 2.05) is 31.3 Å². The minimum atomic E-state index is -3.60. The Morgan fingerprint density at radius 2 is 1.79 bits per heavy atom. The fourth-order valence-electron chi connectivity index (χ4n) is 3.26. The summed E-state index contributed by atoms with van der Waals surface area (Å²) in [6, 6.07) is 13.9. The minimum Gasteiger partial charge on any atom is -0.352 e. The van der Waals surface area contributed by atoms with Crippen LogP contribution in [0.1, 0.15) is 22.3 Å². The zero-order valence-corrected chi connectivity index (χ0v) is 18.0. The summed E-state index contributed by atoms with van der Waals surface area (Å²) in [5, 5.41) is 3.58. The summed E-state index contributed by atoms with van der Waals surface area (Å²) in [4.78, 5) is 14.7. The van der Waals surface area contributed by atoms with E-state index < -0.39 is 10.0 Å². The van der Waals surface area contributed by atoms with Crippen molar-refractivity contribution in [1.29, 1.82) is 0 Å². The van der Waals surface area contributed by atoms with E-state index in [1.54, 1.807) is 18.2 Å². The minimum absolute atomic E-state index is 0.158. The third-order valence-electron chi connectivity index (χ3n) is 5.06. The lowest BCUT2D eigenvalue weighted by molar-refractivity contribution is 0.0953. The van der Waals surface area contributed by atoms with Crippen molar-refractivity contribution in [3.63, 3.8) is 0 Å². The van der Waals surface area contributed by atoms with Crippen molar-refractivity contribution in [3.8, 4) is 0 Å². The first-order chi connectivity index (χ1) is 13.9. The van der Waals surface area contributed by atoms with Crippen molar-refractivity contribution >= 4 is 27.5 Å². The van der Waals surface area contributed by atoms with Crippen LogP contribution in [0.4, 0.5) is 0 Å². The van der Waals surface area contributed by atoms with Gasteiger partial charge in [-0.05, 0) is 49.7 Å². The summed E-state index contributed by atoms with van der Waals surface area (Å²) in [7, 11) is -1.62. The molecule has 0 bridgehead atoms. The van der Waals surface area contributed by atoms with E-state index in [-0.39, 0.29) is 10.8 Å². The first kappa shape index (κ1) is 21.8. The van der Waals surface area contributed by atoms with Crippen LogP contribution in [0, 0.1) is 0 Å². The molecule has 1 heterocycles. The second-order valence-electron chi connectivity index (χ2n) is 7.19. The molecular weight excluding hydrogens is 410 g/mol. The van der Waals surface area contributed by atoms with E-state index in [9.17, 15) is 13.2 Å². The predicted octanol–water partition coefficient (Wildman–Crippen LogP) is 2.64. The van der Waals surface area contributed by atoms with Crippen LogP contribution < -0.4 is 5.32 Å². The van der Waals surface area contributed by atoms with Gasteiger partial charge in [-0.15, -0.1) is 0 Å². The number of carbonyl (C=O) groups is 1. The van der Waals surface area contributed by atoms with Crippen LogP contribution in [0.3, 0.4) is 0 Å². The molecule has 0 atom stereocenters. The number of hydrogen-bond acceptors (Lipinski definition) is 4. The standard InChI is InChI=1S/C21H26ClN3O3S/c1-24-12-14-25(15-13-24)29(27,28)19-9-4-7-18(16-19)21(26)23-11-5-8-17-6-2-3-10-20(17)22/h2-4,6-7,9-10,16H,5,8,11-15H2,1H3,(H,23,26). The Labute approximate surface area is 177 Å². The third kappa shape index (κ3) is 5.57. The van der Waals surface area contributed by atoms with Gasteiger partial charge in [-0.1, -0.05) is 35.9 Å². The molecule has 1 saturated heterocycles. The number of halogens is 1. The van der Waals surface area contributed by atoms with Gasteiger partial charge in [0.25, 0.3) is 5.91 Å². The van der Waals surface area contributed by atoms with E-state index in [0.29, 0.717) is 38.3 Å². The van der Waals surface area contributed by atoms with Gasteiger partial charge in [0.2, 0.25) is 10.0 Å². The summed E-state index contributed by atoms with van der Waals surface area (Å²) >= 11 is 6.14. The van der Waals surface area contributed by atoms with Crippen LogP contribution in [0.5, 0.6) is 0 Å². The molecule has 2 aromatic rings. The molecule has 6 nitrogen and oxygen atoms in total. The van der Waals surface area contributed by atoms with Gasteiger partial charge in [0.15, 0.2) is 0 Å². The summed E-state index contributed by atoms with van der Waals surface area (Å²) < 4.78 is 27.2. The van der Waals surface area contributed by atoms with Crippen molar-refractivity contribution in [2.45, 2.75) is 17.7 Å². The third-order valence-corrected chi connectivity index (χ3v) is 7.33. The molecule has 0 spiro atoms. The van der Waals surface area contributed by atoms with Gasteiger partial charge < -0.3 is 10.2 Å². The predicted molar refractivity (Wildman–Crippen MR) is 115 cm³/mol. The van der Waals surface area contributed by atoms with Crippen LogP contribution in [0.15, 0.2) is 53.4 Å². The average Bonchev–Trinajstić information content (AvgIpc) is 2.72. The van der Waals surface area contributed by atoms with Crippen LogP contribution in [0.2, 0.25) is 5.02 Å².